The molecule has 3 aliphatic rings. The highest BCUT2D eigenvalue weighted by molar-refractivity contribution is 6.02. The lowest BCUT2D eigenvalue weighted by atomic mass is 9.62. The maximum Gasteiger partial charge on any atom is 0.249 e. The van der Waals surface area contributed by atoms with Crippen molar-refractivity contribution in [2.45, 2.75) is 103 Å². The lowest BCUT2D eigenvalue weighted by molar-refractivity contribution is -0.139. The van der Waals surface area contributed by atoms with Crippen LogP contribution in [0.1, 0.15) is 90.9 Å². The van der Waals surface area contributed by atoms with Crippen LogP contribution >= 0.6 is 0 Å². The third-order valence-corrected chi connectivity index (χ3v) is 7.48. The van der Waals surface area contributed by atoms with E-state index in [1.54, 1.807) is 0 Å². The largest absolute Gasteiger partial charge is 0.343 e. The van der Waals surface area contributed by atoms with E-state index < -0.39 is 6.04 Å². The molecular weight excluding hydrogens is 366 g/mol. The van der Waals surface area contributed by atoms with Crippen LogP contribution in [0.2, 0.25) is 0 Å². The molecule has 2 saturated heterocycles. The first-order chi connectivity index (χ1) is 13.9. The summed E-state index contributed by atoms with van der Waals surface area (Å²) in [5.41, 5.74) is -0.0322. The highest BCUT2D eigenvalue weighted by Gasteiger charge is 2.47. The summed E-state index contributed by atoms with van der Waals surface area (Å²) in [5.74, 6) is 0.496. The number of imide groups is 1. The average molecular weight is 406 g/mol. The third kappa shape index (κ3) is 5.59. The van der Waals surface area contributed by atoms with Gasteiger partial charge in [0.15, 0.2) is 0 Å². The van der Waals surface area contributed by atoms with Gasteiger partial charge in [0, 0.05) is 6.42 Å². The van der Waals surface area contributed by atoms with Crippen LogP contribution in [0.5, 0.6) is 0 Å². The number of hydrogen-bond acceptors (Lipinski definition) is 4. The van der Waals surface area contributed by atoms with Gasteiger partial charge in [-0.1, -0.05) is 58.8 Å². The van der Waals surface area contributed by atoms with Gasteiger partial charge in [0.1, 0.15) is 6.04 Å². The van der Waals surface area contributed by atoms with Crippen molar-refractivity contribution in [1.29, 1.82) is 0 Å². The number of piperidine rings is 2. The molecule has 164 valence electrons. The van der Waals surface area contributed by atoms with Crippen molar-refractivity contribution in [3.63, 3.8) is 0 Å². The third-order valence-electron chi connectivity index (χ3n) is 7.48. The Balaban J connectivity index is 1.76. The van der Waals surface area contributed by atoms with Crippen LogP contribution in [0.4, 0.5) is 0 Å². The zero-order valence-corrected chi connectivity index (χ0v) is 18.2. The van der Waals surface area contributed by atoms with Gasteiger partial charge in [0.2, 0.25) is 17.7 Å². The summed E-state index contributed by atoms with van der Waals surface area (Å²) in [6.45, 7) is 5.42. The van der Waals surface area contributed by atoms with Crippen LogP contribution in [-0.2, 0) is 14.4 Å². The molecule has 1 aliphatic carbocycles. The van der Waals surface area contributed by atoms with Gasteiger partial charge in [0.05, 0.1) is 6.04 Å². The van der Waals surface area contributed by atoms with Gasteiger partial charge in [-0.2, -0.15) is 0 Å². The molecule has 3 unspecified atom stereocenters. The van der Waals surface area contributed by atoms with E-state index in [9.17, 15) is 14.4 Å². The van der Waals surface area contributed by atoms with Crippen molar-refractivity contribution < 1.29 is 14.4 Å². The summed E-state index contributed by atoms with van der Waals surface area (Å²) >= 11 is 0. The molecule has 0 aromatic rings. The van der Waals surface area contributed by atoms with E-state index >= 15 is 0 Å². The Morgan fingerprint density at radius 2 is 1.66 bits per heavy atom. The topological polar surface area (TPSA) is 87.3 Å². The van der Waals surface area contributed by atoms with Gasteiger partial charge in [0.25, 0.3) is 0 Å². The monoisotopic (exact) mass is 405 g/mol. The van der Waals surface area contributed by atoms with Crippen molar-refractivity contribution in [1.82, 2.24) is 16.0 Å². The number of hydrogen-bond donors (Lipinski definition) is 3. The van der Waals surface area contributed by atoms with E-state index in [4.69, 9.17) is 0 Å². The molecule has 0 aromatic heterocycles. The number of rotatable bonds is 3. The van der Waals surface area contributed by atoms with Crippen LogP contribution in [0.15, 0.2) is 0 Å². The van der Waals surface area contributed by atoms with Gasteiger partial charge in [-0.05, 0) is 49.5 Å². The fourth-order valence-electron chi connectivity index (χ4n) is 5.58. The molecule has 0 bridgehead atoms. The summed E-state index contributed by atoms with van der Waals surface area (Å²) in [4.78, 5) is 36.9. The minimum Gasteiger partial charge on any atom is -0.343 e. The Morgan fingerprint density at radius 1 is 1.03 bits per heavy atom. The van der Waals surface area contributed by atoms with Gasteiger partial charge in [-0.3, -0.25) is 19.7 Å². The van der Waals surface area contributed by atoms with Gasteiger partial charge >= 0.3 is 0 Å². The molecule has 3 fully saturated rings. The summed E-state index contributed by atoms with van der Waals surface area (Å²) in [5, 5.41) is 8.92. The first kappa shape index (κ1) is 22.3. The van der Waals surface area contributed by atoms with Crippen molar-refractivity contribution in [2.75, 3.05) is 6.54 Å². The lowest BCUT2D eigenvalue weighted by Crippen LogP contribution is -2.63. The number of carbonyl (C=O) groups excluding carboxylic acids is 3. The maximum absolute atomic E-state index is 13.4. The zero-order chi connectivity index (χ0) is 20.9. The summed E-state index contributed by atoms with van der Waals surface area (Å²) in [6, 6.07) is -0.844. The van der Waals surface area contributed by atoms with Gasteiger partial charge < -0.3 is 10.6 Å². The molecule has 3 rings (SSSR count). The smallest absolute Gasteiger partial charge is 0.249 e. The molecule has 1 spiro atoms. The SMILES string of the molecule is CC(C)C1CNC(C(=O)NC2CCC(=O)NC2=O)C2(CCCCCCCCC2)C1. The van der Waals surface area contributed by atoms with E-state index in [-0.39, 0.29) is 35.6 Å². The van der Waals surface area contributed by atoms with E-state index in [0.717, 1.165) is 25.8 Å². The second-order valence-corrected chi connectivity index (χ2v) is 9.90. The van der Waals surface area contributed by atoms with Crippen molar-refractivity contribution >= 4 is 17.7 Å². The minimum atomic E-state index is -0.596. The highest BCUT2D eigenvalue weighted by atomic mass is 16.2. The maximum atomic E-state index is 13.4. The first-order valence-electron chi connectivity index (χ1n) is 11.8. The zero-order valence-electron chi connectivity index (χ0n) is 18.2. The molecule has 6 nitrogen and oxygen atoms in total. The van der Waals surface area contributed by atoms with Crippen molar-refractivity contribution in [3.05, 3.63) is 0 Å². The van der Waals surface area contributed by atoms with Crippen LogP contribution in [0.25, 0.3) is 0 Å². The van der Waals surface area contributed by atoms with Crippen LogP contribution in [0, 0.1) is 17.3 Å². The van der Waals surface area contributed by atoms with Crippen molar-refractivity contribution in [3.8, 4) is 0 Å². The second-order valence-electron chi connectivity index (χ2n) is 9.90. The Hall–Kier alpha value is -1.43. The van der Waals surface area contributed by atoms with E-state index in [1.807, 2.05) is 0 Å². The first-order valence-corrected chi connectivity index (χ1v) is 11.8. The summed E-state index contributed by atoms with van der Waals surface area (Å²) < 4.78 is 0. The fraction of sp³-hybridized carbons (Fsp3) is 0.870. The molecule has 0 radical (unpaired) electrons. The highest BCUT2D eigenvalue weighted by Crippen LogP contribution is 2.45. The van der Waals surface area contributed by atoms with E-state index in [1.165, 1.54) is 44.9 Å². The Bertz CT molecular complexity index is 594. The molecule has 2 heterocycles. The van der Waals surface area contributed by atoms with Gasteiger partial charge in [-0.15, -0.1) is 0 Å². The molecule has 3 amide bonds. The molecule has 3 N–H and O–H groups in total. The Kier molecular flexibility index (Phi) is 7.72. The standard InChI is InChI=1S/C23H39N3O3/c1-16(2)17-14-23(12-8-6-4-3-5-7-9-13-23)20(24-15-17)22(29)25-18-10-11-19(27)26-21(18)28/h16-18,20,24H,3-15H2,1-2H3,(H,25,29)(H,26,27,28). The van der Waals surface area contributed by atoms with Crippen LogP contribution in [0.3, 0.4) is 0 Å². The second kappa shape index (κ2) is 10.1. The van der Waals surface area contributed by atoms with Gasteiger partial charge in [-0.25, -0.2) is 0 Å². The molecular formula is C23H39N3O3. The fourth-order valence-corrected chi connectivity index (χ4v) is 5.58. The summed E-state index contributed by atoms with van der Waals surface area (Å²) in [6.07, 6.45) is 12.7. The van der Waals surface area contributed by atoms with E-state index in [2.05, 4.69) is 29.8 Å². The molecule has 29 heavy (non-hydrogen) atoms. The quantitative estimate of drug-likeness (QED) is 0.630. The molecule has 0 aromatic carbocycles. The number of carbonyl (C=O) groups is 3. The predicted molar refractivity (Wildman–Crippen MR) is 113 cm³/mol. The summed E-state index contributed by atoms with van der Waals surface area (Å²) in [7, 11) is 0. The Labute approximate surface area is 175 Å². The van der Waals surface area contributed by atoms with Crippen LogP contribution < -0.4 is 16.0 Å². The normalized spacial score (nSPS) is 31.3. The molecule has 1 saturated carbocycles. The lowest BCUT2D eigenvalue weighted by Gasteiger charge is -2.49. The molecule has 2 aliphatic heterocycles. The Morgan fingerprint density at radius 3 is 2.24 bits per heavy atom. The number of amides is 3. The van der Waals surface area contributed by atoms with Crippen LogP contribution in [-0.4, -0.2) is 36.3 Å². The number of nitrogens with one attached hydrogen (secondary N) is 3. The predicted octanol–water partition coefficient (Wildman–Crippen LogP) is 3.05. The average Bonchev–Trinajstić information content (AvgIpc) is 2.69. The minimum absolute atomic E-state index is 0.0322. The van der Waals surface area contributed by atoms with Crippen molar-refractivity contribution in [2.24, 2.45) is 17.3 Å². The molecule has 3 atom stereocenters. The van der Waals surface area contributed by atoms with E-state index in [0.29, 0.717) is 18.3 Å². The molecule has 6 heteroatoms.